The molecule has 3 rings (SSSR count). The quantitative estimate of drug-likeness (QED) is 0.564. The second-order valence-corrected chi connectivity index (χ2v) is 9.01. The van der Waals surface area contributed by atoms with Crippen molar-refractivity contribution in [1.29, 1.82) is 0 Å². The number of aromatic nitrogens is 1. The van der Waals surface area contributed by atoms with Gasteiger partial charge in [0.15, 0.2) is 5.76 Å². The molecule has 0 radical (unpaired) electrons. The van der Waals surface area contributed by atoms with Crippen molar-refractivity contribution in [1.82, 2.24) is 25.4 Å². The number of halogens is 1. The Kier molecular flexibility index (Phi) is 7.86. The molecule has 2 fully saturated rings. The van der Waals surface area contributed by atoms with E-state index in [1.807, 2.05) is 0 Å². The fourth-order valence-corrected chi connectivity index (χ4v) is 5.71. The van der Waals surface area contributed by atoms with E-state index >= 15 is 0 Å². The second-order valence-electron chi connectivity index (χ2n) is 7.40. The fourth-order valence-electron chi connectivity index (χ4n) is 3.95. The largest absolute Gasteiger partial charge is 0.360 e. The Labute approximate surface area is 172 Å². The van der Waals surface area contributed by atoms with E-state index in [9.17, 15) is 13.2 Å². The predicted molar refractivity (Wildman–Crippen MR) is 107 cm³/mol. The normalized spacial score (nSPS) is 19.9. The Morgan fingerprint density at radius 2 is 1.89 bits per heavy atom. The maximum absolute atomic E-state index is 12.9. The summed E-state index contributed by atoms with van der Waals surface area (Å²) in [6, 6.07) is 0. The minimum Gasteiger partial charge on any atom is -0.360 e. The van der Waals surface area contributed by atoms with Crippen LogP contribution >= 0.6 is 12.4 Å². The van der Waals surface area contributed by atoms with Crippen LogP contribution in [0.15, 0.2) is 9.42 Å². The summed E-state index contributed by atoms with van der Waals surface area (Å²) < 4.78 is 33.5. The molecule has 1 aliphatic carbocycles. The van der Waals surface area contributed by atoms with Crippen molar-refractivity contribution in [3.05, 3.63) is 11.5 Å². The highest BCUT2D eigenvalue weighted by Crippen LogP contribution is 2.32. The van der Waals surface area contributed by atoms with Crippen LogP contribution in [0, 0.1) is 13.8 Å². The van der Waals surface area contributed by atoms with E-state index in [-0.39, 0.29) is 29.0 Å². The average Bonchev–Trinajstić information content (AvgIpc) is 3.23. The van der Waals surface area contributed by atoms with Gasteiger partial charge in [-0.3, -0.25) is 9.69 Å². The number of piperazine rings is 1. The van der Waals surface area contributed by atoms with Crippen LogP contribution < -0.4 is 15.4 Å². The standard InChI is InChI=1S/C17H29N5O4S.ClH/c1-13-15(14(2)26-20-13)27(24,25)21-17(5-3-4-6-17)16(23)19-9-12-22-10-7-18-8-11-22;/h18,21H,3-12H2,1-2H3,(H,19,23);1H. The Bertz CT molecular complexity index is 751. The van der Waals surface area contributed by atoms with Crippen molar-refractivity contribution in [2.45, 2.75) is 50.0 Å². The van der Waals surface area contributed by atoms with Gasteiger partial charge in [-0.25, -0.2) is 8.42 Å². The molecule has 1 amide bonds. The van der Waals surface area contributed by atoms with Crippen molar-refractivity contribution in [2.75, 3.05) is 39.3 Å². The third kappa shape index (κ3) is 5.04. The summed E-state index contributed by atoms with van der Waals surface area (Å²) in [6.07, 6.45) is 2.62. The molecule has 1 aliphatic heterocycles. The Morgan fingerprint density at radius 3 is 2.46 bits per heavy atom. The molecule has 1 saturated carbocycles. The number of aryl methyl sites for hydroxylation is 2. The van der Waals surface area contributed by atoms with Crippen LogP contribution in [0.5, 0.6) is 0 Å². The van der Waals surface area contributed by atoms with Gasteiger partial charge in [0.25, 0.3) is 0 Å². The molecule has 2 heterocycles. The molecular weight excluding hydrogens is 406 g/mol. The van der Waals surface area contributed by atoms with Crippen LogP contribution in [0.1, 0.15) is 37.1 Å². The molecule has 1 aromatic heterocycles. The van der Waals surface area contributed by atoms with Crippen LogP contribution in [0.2, 0.25) is 0 Å². The molecule has 0 bridgehead atoms. The molecule has 9 nitrogen and oxygen atoms in total. The molecule has 1 saturated heterocycles. The number of hydrogen-bond acceptors (Lipinski definition) is 7. The highest BCUT2D eigenvalue weighted by molar-refractivity contribution is 7.89. The number of nitrogens with one attached hydrogen (secondary N) is 3. The summed E-state index contributed by atoms with van der Waals surface area (Å²) in [5.41, 5.74) is -0.800. The number of amides is 1. The van der Waals surface area contributed by atoms with Gasteiger partial charge in [-0.2, -0.15) is 4.72 Å². The minimum absolute atomic E-state index is 0. The van der Waals surface area contributed by atoms with Gasteiger partial charge in [0.05, 0.1) is 0 Å². The number of hydrogen-bond donors (Lipinski definition) is 3. The van der Waals surface area contributed by atoms with Gasteiger partial charge >= 0.3 is 0 Å². The van der Waals surface area contributed by atoms with E-state index < -0.39 is 15.6 Å². The van der Waals surface area contributed by atoms with Gasteiger partial charge in [-0.1, -0.05) is 18.0 Å². The topological polar surface area (TPSA) is 117 Å². The van der Waals surface area contributed by atoms with Gasteiger partial charge in [0.2, 0.25) is 15.9 Å². The van der Waals surface area contributed by atoms with Crippen LogP contribution in [0.3, 0.4) is 0 Å². The average molecular weight is 436 g/mol. The third-order valence-corrected chi connectivity index (χ3v) is 7.16. The Morgan fingerprint density at radius 1 is 1.25 bits per heavy atom. The van der Waals surface area contributed by atoms with Gasteiger partial charge < -0.3 is 15.2 Å². The van der Waals surface area contributed by atoms with Crippen molar-refractivity contribution in [3.8, 4) is 0 Å². The molecule has 28 heavy (non-hydrogen) atoms. The van der Waals surface area contributed by atoms with Crippen LogP contribution in [0.4, 0.5) is 0 Å². The molecule has 2 aliphatic rings. The van der Waals surface area contributed by atoms with Crippen LogP contribution in [-0.4, -0.2) is 69.2 Å². The maximum Gasteiger partial charge on any atom is 0.246 e. The van der Waals surface area contributed by atoms with E-state index in [0.717, 1.165) is 45.6 Å². The van der Waals surface area contributed by atoms with Crippen molar-refractivity contribution < 1.29 is 17.7 Å². The minimum atomic E-state index is -3.90. The molecule has 3 N–H and O–H groups in total. The van der Waals surface area contributed by atoms with Gasteiger partial charge in [-0.05, 0) is 26.7 Å². The highest BCUT2D eigenvalue weighted by atomic mass is 35.5. The predicted octanol–water partition coefficient (Wildman–Crippen LogP) is 0.326. The van der Waals surface area contributed by atoms with E-state index in [4.69, 9.17) is 4.52 Å². The maximum atomic E-state index is 12.9. The zero-order valence-corrected chi connectivity index (χ0v) is 18.0. The van der Waals surface area contributed by atoms with Crippen molar-refractivity contribution in [2.24, 2.45) is 0 Å². The van der Waals surface area contributed by atoms with Gasteiger partial charge in [0.1, 0.15) is 16.1 Å². The molecule has 0 unspecified atom stereocenters. The lowest BCUT2D eigenvalue weighted by Gasteiger charge is -2.30. The van der Waals surface area contributed by atoms with E-state index in [1.165, 1.54) is 0 Å². The van der Waals surface area contributed by atoms with Crippen molar-refractivity contribution in [3.63, 3.8) is 0 Å². The van der Waals surface area contributed by atoms with E-state index in [0.29, 0.717) is 25.1 Å². The fraction of sp³-hybridized carbons (Fsp3) is 0.765. The molecule has 0 spiro atoms. The SMILES string of the molecule is Cc1noc(C)c1S(=O)(=O)NC1(C(=O)NCCN2CCNCC2)CCCC1.Cl. The van der Waals surface area contributed by atoms with Crippen LogP contribution in [-0.2, 0) is 14.8 Å². The third-order valence-electron chi connectivity index (χ3n) is 5.38. The molecule has 0 aromatic carbocycles. The first kappa shape index (κ1) is 23.1. The zero-order chi connectivity index (χ0) is 19.5. The molecule has 0 atom stereocenters. The lowest BCUT2D eigenvalue weighted by atomic mass is 9.98. The lowest BCUT2D eigenvalue weighted by molar-refractivity contribution is -0.126. The van der Waals surface area contributed by atoms with Crippen LogP contribution in [0.25, 0.3) is 0 Å². The lowest BCUT2D eigenvalue weighted by Crippen LogP contribution is -2.58. The summed E-state index contributed by atoms with van der Waals surface area (Å²) in [4.78, 5) is 15.2. The molecule has 1 aromatic rings. The summed E-state index contributed by atoms with van der Waals surface area (Å²) in [5, 5.41) is 9.96. The van der Waals surface area contributed by atoms with E-state index in [1.54, 1.807) is 13.8 Å². The number of carbonyl (C=O) groups excluding carboxylic acids is 1. The first-order valence-corrected chi connectivity index (χ1v) is 11.0. The zero-order valence-electron chi connectivity index (χ0n) is 16.4. The smallest absolute Gasteiger partial charge is 0.246 e. The first-order chi connectivity index (χ1) is 12.8. The Hall–Kier alpha value is -1.20. The van der Waals surface area contributed by atoms with Gasteiger partial charge in [-0.15, -0.1) is 12.4 Å². The first-order valence-electron chi connectivity index (χ1n) is 9.52. The number of rotatable bonds is 7. The van der Waals surface area contributed by atoms with Crippen molar-refractivity contribution >= 4 is 28.3 Å². The highest BCUT2D eigenvalue weighted by Gasteiger charge is 2.45. The monoisotopic (exact) mass is 435 g/mol. The molecule has 11 heteroatoms. The summed E-state index contributed by atoms with van der Waals surface area (Å²) in [6.45, 7) is 8.24. The number of nitrogens with zero attached hydrogens (tertiary/aromatic N) is 2. The Balaban J connectivity index is 0.00000280. The summed E-state index contributed by atoms with van der Waals surface area (Å²) in [7, 11) is -3.90. The van der Waals surface area contributed by atoms with E-state index in [2.05, 4.69) is 25.4 Å². The molecular formula is C17H30ClN5O4S. The number of sulfonamides is 1. The molecule has 160 valence electrons. The second kappa shape index (κ2) is 9.53. The number of carbonyl (C=O) groups is 1. The summed E-state index contributed by atoms with van der Waals surface area (Å²) in [5.74, 6) is -0.0160. The summed E-state index contributed by atoms with van der Waals surface area (Å²) >= 11 is 0. The van der Waals surface area contributed by atoms with Gasteiger partial charge in [0, 0.05) is 39.3 Å².